The van der Waals surface area contributed by atoms with Crippen molar-refractivity contribution in [3.8, 4) is 11.3 Å². The molecule has 1 N–H and O–H groups in total. The minimum Gasteiger partial charge on any atom is -0.318 e. The van der Waals surface area contributed by atoms with Gasteiger partial charge in [-0.3, -0.25) is 0 Å². The van der Waals surface area contributed by atoms with E-state index in [0.29, 0.717) is 17.8 Å². The number of urea groups is 1. The van der Waals surface area contributed by atoms with Crippen LogP contribution in [0.3, 0.4) is 0 Å². The number of fused-ring (bicyclic) bond motifs is 2. The van der Waals surface area contributed by atoms with Gasteiger partial charge in [0.25, 0.3) is 0 Å². The molecule has 6 rings (SSSR count). The van der Waals surface area contributed by atoms with Crippen LogP contribution in [-0.2, 0) is 0 Å². The summed E-state index contributed by atoms with van der Waals surface area (Å²) >= 11 is 0. The normalized spacial score (nSPS) is 26.4. The Hall–Kier alpha value is -2.50. The Balaban J connectivity index is 1.34. The number of carbonyl (C=O) groups excluding carboxylic acids is 1. The number of piperidine rings is 1. The molecule has 140 valence electrons. The van der Waals surface area contributed by atoms with E-state index in [0.717, 1.165) is 42.2 Å². The molecule has 0 spiro atoms. The predicted octanol–water partition coefficient (Wildman–Crippen LogP) is 4.39. The molecule has 2 aromatic rings. The lowest BCUT2D eigenvalue weighted by molar-refractivity contribution is -0.0157. The van der Waals surface area contributed by atoms with Gasteiger partial charge in [0.2, 0.25) is 0 Å². The molecule has 2 bridgehead atoms. The first-order chi connectivity index (χ1) is 13.1. The maximum Gasteiger partial charge on any atom is 0.322 e. The zero-order valence-electron chi connectivity index (χ0n) is 15.4. The molecule has 2 saturated carbocycles. The molecule has 4 fully saturated rings. The summed E-state index contributed by atoms with van der Waals surface area (Å²) in [6.45, 7) is 1.83. The number of halogens is 1. The highest BCUT2D eigenvalue weighted by molar-refractivity contribution is 5.91. The molecule has 2 unspecified atom stereocenters. The van der Waals surface area contributed by atoms with E-state index in [1.807, 2.05) is 17.9 Å². The van der Waals surface area contributed by atoms with Crippen LogP contribution >= 0.6 is 0 Å². The van der Waals surface area contributed by atoms with Gasteiger partial charge in [-0.25, -0.2) is 9.18 Å². The molecule has 3 atom stereocenters. The van der Waals surface area contributed by atoms with E-state index in [2.05, 4.69) is 15.5 Å². The Morgan fingerprint density at radius 1 is 1.19 bits per heavy atom. The van der Waals surface area contributed by atoms with Crippen LogP contribution in [0, 0.1) is 24.6 Å². The van der Waals surface area contributed by atoms with Crippen molar-refractivity contribution in [3.63, 3.8) is 0 Å². The summed E-state index contributed by atoms with van der Waals surface area (Å²) in [5, 5.41) is 10.8. The van der Waals surface area contributed by atoms with E-state index in [9.17, 15) is 9.18 Å². The Bertz CT molecular complexity index is 871. The third kappa shape index (κ3) is 2.97. The second-order valence-corrected chi connectivity index (χ2v) is 8.21. The number of benzene rings is 1. The van der Waals surface area contributed by atoms with Gasteiger partial charge in [0.1, 0.15) is 5.82 Å². The zero-order chi connectivity index (χ0) is 18.5. The maximum absolute atomic E-state index is 14.5. The van der Waals surface area contributed by atoms with E-state index < -0.39 is 5.82 Å². The van der Waals surface area contributed by atoms with Crippen molar-refractivity contribution in [2.45, 2.75) is 51.1 Å². The monoisotopic (exact) mass is 366 g/mol. The first kappa shape index (κ1) is 16.7. The van der Waals surface area contributed by atoms with Crippen LogP contribution in [0.1, 0.15) is 37.7 Å². The van der Waals surface area contributed by atoms with Crippen LogP contribution in [0.4, 0.5) is 14.9 Å². The second kappa shape index (κ2) is 6.29. The minimum atomic E-state index is -0.421. The van der Waals surface area contributed by atoms with E-state index in [-0.39, 0.29) is 11.7 Å². The third-order valence-corrected chi connectivity index (χ3v) is 6.41. The molecule has 1 aromatic heterocycles. The van der Waals surface area contributed by atoms with Crippen molar-refractivity contribution in [1.29, 1.82) is 0 Å². The van der Waals surface area contributed by atoms with E-state index in [1.54, 1.807) is 18.3 Å². The van der Waals surface area contributed by atoms with Gasteiger partial charge in [-0.15, -0.1) is 0 Å². The van der Waals surface area contributed by atoms with E-state index in [4.69, 9.17) is 0 Å². The first-order valence-corrected chi connectivity index (χ1v) is 9.77. The van der Waals surface area contributed by atoms with Crippen molar-refractivity contribution in [3.05, 3.63) is 41.8 Å². The molecule has 2 aliphatic heterocycles. The molecule has 1 aromatic carbocycles. The average molecular weight is 366 g/mol. The highest BCUT2D eigenvalue weighted by Gasteiger charge is 2.50. The van der Waals surface area contributed by atoms with Crippen molar-refractivity contribution in [2.75, 3.05) is 5.32 Å². The molecule has 5 nitrogen and oxygen atoms in total. The molecule has 2 amide bonds. The topological polar surface area (TPSA) is 58.1 Å². The third-order valence-electron chi connectivity index (χ3n) is 6.41. The maximum atomic E-state index is 14.5. The standard InChI is InChI=1S/C21H23FN4O/c1-12-7-18(22)20(11-17(12)19-3-2-6-23-25-19)24-21(27)26-15-8-14(13-4-5-13)9-16(26)10-15/h2-3,6-7,11,13-16H,4-5,8-10H2,1H3,(H,24,27)/t14?,15-,16?/m0/s1. The number of hydrogen-bond acceptors (Lipinski definition) is 3. The molecule has 3 heterocycles. The number of nitrogens with zero attached hydrogens (tertiary/aromatic N) is 3. The summed E-state index contributed by atoms with van der Waals surface area (Å²) in [5.74, 6) is 1.26. The largest absolute Gasteiger partial charge is 0.322 e. The molecule has 2 saturated heterocycles. The molecular formula is C21H23FN4O. The lowest BCUT2D eigenvalue weighted by Gasteiger charge is -2.55. The fraction of sp³-hybridized carbons (Fsp3) is 0.476. The van der Waals surface area contributed by atoms with Crippen molar-refractivity contribution >= 4 is 11.7 Å². The molecule has 4 aliphatic rings. The number of aryl methyl sites for hydroxylation is 1. The van der Waals surface area contributed by atoms with Crippen LogP contribution < -0.4 is 5.32 Å². The quantitative estimate of drug-likeness (QED) is 0.877. The molecule has 0 radical (unpaired) electrons. The number of rotatable bonds is 3. The number of anilines is 1. The Kier molecular flexibility index (Phi) is 3.88. The number of hydrogen-bond donors (Lipinski definition) is 1. The van der Waals surface area contributed by atoms with Gasteiger partial charge in [0, 0.05) is 23.8 Å². The van der Waals surface area contributed by atoms with Crippen LogP contribution in [0.5, 0.6) is 0 Å². The zero-order valence-corrected chi connectivity index (χ0v) is 15.4. The van der Waals surface area contributed by atoms with Gasteiger partial charge in [-0.05, 0) is 80.7 Å². The van der Waals surface area contributed by atoms with Crippen LogP contribution in [0.25, 0.3) is 11.3 Å². The number of amides is 2. The highest BCUT2D eigenvalue weighted by Crippen LogP contribution is 2.50. The Morgan fingerprint density at radius 3 is 2.63 bits per heavy atom. The average Bonchev–Trinajstić information content (AvgIpc) is 3.50. The molecule has 27 heavy (non-hydrogen) atoms. The van der Waals surface area contributed by atoms with Gasteiger partial charge >= 0.3 is 6.03 Å². The summed E-state index contributed by atoms with van der Waals surface area (Å²) in [4.78, 5) is 14.7. The van der Waals surface area contributed by atoms with Gasteiger partial charge in [0.15, 0.2) is 0 Å². The van der Waals surface area contributed by atoms with Gasteiger partial charge in [-0.2, -0.15) is 10.2 Å². The Labute approximate surface area is 158 Å². The van der Waals surface area contributed by atoms with E-state index >= 15 is 0 Å². The summed E-state index contributed by atoms with van der Waals surface area (Å²) < 4.78 is 14.5. The van der Waals surface area contributed by atoms with Crippen molar-refractivity contribution < 1.29 is 9.18 Å². The van der Waals surface area contributed by atoms with Crippen molar-refractivity contribution in [1.82, 2.24) is 15.1 Å². The second-order valence-electron chi connectivity index (χ2n) is 8.21. The lowest BCUT2D eigenvalue weighted by Crippen LogP contribution is -2.64. The predicted molar refractivity (Wildman–Crippen MR) is 101 cm³/mol. The molecule has 2 aliphatic carbocycles. The molecular weight excluding hydrogens is 343 g/mol. The minimum absolute atomic E-state index is 0.182. The number of carbonyl (C=O) groups is 1. The van der Waals surface area contributed by atoms with Crippen LogP contribution in [0.15, 0.2) is 30.5 Å². The van der Waals surface area contributed by atoms with E-state index in [1.165, 1.54) is 18.9 Å². The number of nitrogens with one attached hydrogen (secondary N) is 1. The summed E-state index contributed by atoms with van der Waals surface area (Å²) in [6, 6.07) is 7.19. The van der Waals surface area contributed by atoms with Crippen LogP contribution in [-0.4, -0.2) is 33.2 Å². The summed E-state index contributed by atoms with van der Waals surface area (Å²) in [6.07, 6.45) is 7.62. The van der Waals surface area contributed by atoms with Gasteiger partial charge in [0.05, 0.1) is 11.4 Å². The first-order valence-electron chi connectivity index (χ1n) is 9.77. The highest BCUT2D eigenvalue weighted by atomic mass is 19.1. The number of aromatic nitrogens is 2. The van der Waals surface area contributed by atoms with Crippen LogP contribution in [0.2, 0.25) is 0 Å². The summed E-state index contributed by atoms with van der Waals surface area (Å²) in [7, 11) is 0. The SMILES string of the molecule is Cc1cc(F)c(NC(=O)N2C3CC(C4CC4)C[C@H]2C3)cc1-c1cccnn1. The Morgan fingerprint density at radius 2 is 1.96 bits per heavy atom. The fourth-order valence-electron chi connectivity index (χ4n) is 4.87. The summed E-state index contributed by atoms with van der Waals surface area (Å²) in [5.41, 5.74) is 2.41. The van der Waals surface area contributed by atoms with Gasteiger partial charge in [-0.1, -0.05) is 0 Å². The molecule has 6 heteroatoms. The lowest BCUT2D eigenvalue weighted by atomic mass is 9.72. The fourth-order valence-corrected chi connectivity index (χ4v) is 4.87. The van der Waals surface area contributed by atoms with Gasteiger partial charge < -0.3 is 10.2 Å². The van der Waals surface area contributed by atoms with Crippen molar-refractivity contribution in [2.24, 2.45) is 11.8 Å². The smallest absolute Gasteiger partial charge is 0.318 e.